The molecule has 2 aromatic carbocycles. The highest BCUT2D eigenvalue weighted by molar-refractivity contribution is 6.17. The molecule has 0 unspecified atom stereocenters. The molecule has 1 aromatic heterocycles. The van der Waals surface area contributed by atoms with Gasteiger partial charge in [-0.2, -0.15) is 0 Å². The summed E-state index contributed by atoms with van der Waals surface area (Å²) >= 11 is 0. The highest BCUT2D eigenvalue weighted by Gasteiger charge is 2.46. The molecule has 0 atom stereocenters. The molecule has 6 nitrogen and oxygen atoms in total. The van der Waals surface area contributed by atoms with E-state index in [-0.39, 0.29) is 31.2 Å². The number of esters is 2. The van der Waals surface area contributed by atoms with Crippen LogP contribution in [-0.2, 0) is 25.5 Å². The number of ketones is 1. The first-order chi connectivity index (χ1) is 14.4. The smallest absolute Gasteiger partial charge is 0.323 e. The molecule has 6 heteroatoms. The Labute approximate surface area is 174 Å². The van der Waals surface area contributed by atoms with Gasteiger partial charge in [-0.3, -0.25) is 14.4 Å². The van der Waals surface area contributed by atoms with Crippen LogP contribution in [0.3, 0.4) is 0 Å². The van der Waals surface area contributed by atoms with Gasteiger partial charge in [0.1, 0.15) is 11.3 Å². The van der Waals surface area contributed by atoms with Gasteiger partial charge in [-0.1, -0.05) is 48.5 Å². The Kier molecular flexibility index (Phi) is 6.35. The lowest BCUT2D eigenvalue weighted by atomic mass is 9.83. The van der Waals surface area contributed by atoms with Gasteiger partial charge >= 0.3 is 11.9 Å². The van der Waals surface area contributed by atoms with Crippen LogP contribution in [0.15, 0.2) is 59.0 Å². The fourth-order valence-corrected chi connectivity index (χ4v) is 3.33. The van der Waals surface area contributed by atoms with Crippen molar-refractivity contribution in [3.05, 3.63) is 71.5 Å². The van der Waals surface area contributed by atoms with Crippen molar-refractivity contribution in [2.24, 2.45) is 5.41 Å². The molecule has 0 saturated carbocycles. The van der Waals surface area contributed by atoms with Crippen LogP contribution in [0, 0.1) is 5.41 Å². The average molecular weight is 408 g/mol. The number of carbonyl (C=O) groups is 3. The molecule has 0 radical (unpaired) electrons. The summed E-state index contributed by atoms with van der Waals surface area (Å²) in [6.45, 7) is 5.00. The minimum atomic E-state index is -1.65. The van der Waals surface area contributed by atoms with Gasteiger partial charge in [0.2, 0.25) is 0 Å². The quantitative estimate of drug-likeness (QED) is 0.313. The number of rotatable bonds is 8. The van der Waals surface area contributed by atoms with Crippen molar-refractivity contribution in [2.45, 2.75) is 27.2 Å². The number of para-hydroxylation sites is 1. The molecule has 0 saturated heterocycles. The first-order valence-electron chi connectivity index (χ1n) is 9.87. The third kappa shape index (κ3) is 3.99. The Bertz CT molecular complexity index is 1050. The summed E-state index contributed by atoms with van der Waals surface area (Å²) in [5.41, 5.74) is -0.330. The third-order valence-corrected chi connectivity index (χ3v) is 4.90. The van der Waals surface area contributed by atoms with Crippen molar-refractivity contribution >= 4 is 28.7 Å². The van der Waals surface area contributed by atoms with Gasteiger partial charge in [0, 0.05) is 17.4 Å². The lowest BCUT2D eigenvalue weighted by Crippen LogP contribution is -2.41. The molecule has 0 fully saturated rings. The van der Waals surface area contributed by atoms with Crippen molar-refractivity contribution in [3.8, 4) is 0 Å². The van der Waals surface area contributed by atoms with E-state index >= 15 is 0 Å². The van der Waals surface area contributed by atoms with Crippen molar-refractivity contribution in [1.29, 1.82) is 0 Å². The molecule has 156 valence electrons. The molecule has 0 aliphatic heterocycles. The lowest BCUT2D eigenvalue weighted by molar-refractivity contribution is -0.170. The molecular formula is C24H24O6. The Morgan fingerprint density at radius 3 is 2.03 bits per heavy atom. The number of carbonyl (C=O) groups excluding carboxylic acids is 3. The highest BCUT2D eigenvalue weighted by Crippen LogP contribution is 2.34. The van der Waals surface area contributed by atoms with Crippen LogP contribution in [0.1, 0.15) is 42.5 Å². The third-order valence-electron chi connectivity index (χ3n) is 4.90. The van der Waals surface area contributed by atoms with Gasteiger partial charge in [-0.05, 0) is 26.8 Å². The molecule has 0 spiro atoms. The zero-order valence-corrected chi connectivity index (χ0v) is 17.3. The predicted molar refractivity (Wildman–Crippen MR) is 111 cm³/mol. The van der Waals surface area contributed by atoms with Crippen LogP contribution in [0.5, 0.6) is 0 Å². The zero-order chi connectivity index (χ0) is 21.7. The van der Waals surface area contributed by atoms with E-state index < -0.39 is 17.4 Å². The molecule has 30 heavy (non-hydrogen) atoms. The van der Waals surface area contributed by atoms with E-state index in [2.05, 4.69) is 0 Å². The monoisotopic (exact) mass is 408 g/mol. The normalized spacial score (nSPS) is 11.3. The molecule has 0 aliphatic rings. The fraction of sp³-hybridized carbons (Fsp3) is 0.292. The molecule has 3 rings (SSSR count). The second-order valence-electron chi connectivity index (χ2n) is 7.04. The topological polar surface area (TPSA) is 82.8 Å². The Morgan fingerprint density at radius 2 is 1.43 bits per heavy atom. The Hall–Kier alpha value is -3.41. The summed E-state index contributed by atoms with van der Waals surface area (Å²) < 4.78 is 16.2. The zero-order valence-electron chi connectivity index (χ0n) is 17.3. The van der Waals surface area contributed by atoms with Gasteiger partial charge in [-0.25, -0.2) is 0 Å². The summed E-state index contributed by atoms with van der Waals surface area (Å²) in [5, 5.41) is 0.622. The molecule has 0 amide bonds. The molecule has 0 aliphatic carbocycles. The summed E-state index contributed by atoms with van der Waals surface area (Å²) in [6, 6.07) is 15.9. The van der Waals surface area contributed by atoms with Crippen molar-refractivity contribution in [2.75, 3.05) is 13.2 Å². The van der Waals surface area contributed by atoms with E-state index in [1.807, 2.05) is 6.07 Å². The second-order valence-corrected chi connectivity index (χ2v) is 7.04. The summed E-state index contributed by atoms with van der Waals surface area (Å²) in [5.74, 6) is -1.44. The van der Waals surface area contributed by atoms with Crippen LogP contribution in [0.2, 0.25) is 0 Å². The minimum Gasteiger partial charge on any atom is -0.465 e. The second kappa shape index (κ2) is 8.95. The van der Waals surface area contributed by atoms with Crippen LogP contribution >= 0.6 is 0 Å². The van der Waals surface area contributed by atoms with Gasteiger partial charge in [0.05, 0.1) is 18.8 Å². The largest absolute Gasteiger partial charge is 0.465 e. The summed E-state index contributed by atoms with van der Waals surface area (Å²) in [7, 11) is 0. The average Bonchev–Trinajstić information content (AvgIpc) is 3.11. The molecule has 3 aromatic rings. The number of fused-ring (bicyclic) bond motifs is 1. The van der Waals surface area contributed by atoms with Gasteiger partial charge < -0.3 is 13.9 Å². The number of hydrogen-bond donors (Lipinski definition) is 0. The number of furan rings is 1. The van der Waals surface area contributed by atoms with E-state index in [0.29, 0.717) is 22.1 Å². The van der Waals surface area contributed by atoms with Crippen LogP contribution in [0.4, 0.5) is 0 Å². The summed E-state index contributed by atoms with van der Waals surface area (Å²) in [6.07, 6.45) is -0.159. The molecule has 0 N–H and O–H groups in total. The number of hydrogen-bond acceptors (Lipinski definition) is 6. The predicted octanol–water partition coefficient (Wildman–Crippen LogP) is 4.34. The molecule has 0 bridgehead atoms. The highest BCUT2D eigenvalue weighted by atomic mass is 16.6. The minimum absolute atomic E-state index is 0.115. The van der Waals surface area contributed by atoms with E-state index in [9.17, 15) is 14.4 Å². The standard InChI is InChI=1S/C24H24O6/c1-4-28-22(26)24(3,23(27)29-5-2)15-19-20(17-13-9-10-14-18(17)30-19)21(25)16-11-7-6-8-12-16/h6-14H,4-5,15H2,1-3H3. The van der Waals surface area contributed by atoms with Gasteiger partial charge in [0.25, 0.3) is 0 Å². The van der Waals surface area contributed by atoms with Gasteiger partial charge in [0.15, 0.2) is 11.2 Å². The van der Waals surface area contributed by atoms with Crippen LogP contribution in [0.25, 0.3) is 11.0 Å². The molecule has 1 heterocycles. The maximum atomic E-state index is 13.3. The maximum absolute atomic E-state index is 13.3. The van der Waals surface area contributed by atoms with E-state index in [4.69, 9.17) is 13.9 Å². The van der Waals surface area contributed by atoms with Crippen LogP contribution < -0.4 is 0 Å². The Morgan fingerprint density at radius 1 is 0.867 bits per heavy atom. The number of ether oxygens (including phenoxy) is 2. The fourth-order valence-electron chi connectivity index (χ4n) is 3.33. The molecular weight excluding hydrogens is 384 g/mol. The number of benzene rings is 2. The summed E-state index contributed by atoms with van der Waals surface area (Å²) in [4.78, 5) is 38.7. The first kappa shape index (κ1) is 21.3. The van der Waals surface area contributed by atoms with E-state index in [1.54, 1.807) is 62.4 Å². The SMILES string of the molecule is CCOC(=O)C(C)(Cc1oc2ccccc2c1C(=O)c1ccccc1)C(=O)OCC. The van der Waals surface area contributed by atoms with Crippen LogP contribution in [-0.4, -0.2) is 30.9 Å². The lowest BCUT2D eigenvalue weighted by Gasteiger charge is -2.24. The maximum Gasteiger partial charge on any atom is 0.323 e. The van der Waals surface area contributed by atoms with E-state index in [0.717, 1.165) is 0 Å². The first-order valence-corrected chi connectivity index (χ1v) is 9.87. The van der Waals surface area contributed by atoms with Crippen molar-refractivity contribution in [3.63, 3.8) is 0 Å². The van der Waals surface area contributed by atoms with Gasteiger partial charge in [-0.15, -0.1) is 0 Å². The van der Waals surface area contributed by atoms with Crippen molar-refractivity contribution < 1.29 is 28.3 Å². The van der Waals surface area contributed by atoms with Crippen molar-refractivity contribution in [1.82, 2.24) is 0 Å². The van der Waals surface area contributed by atoms with E-state index in [1.165, 1.54) is 6.92 Å². The Balaban J connectivity index is 2.13.